The number of nitrogens with one attached hydrogen (secondary N) is 1. The van der Waals surface area contributed by atoms with Gasteiger partial charge >= 0.3 is 0 Å². The quantitative estimate of drug-likeness (QED) is 0.306. The van der Waals surface area contributed by atoms with Crippen LogP contribution in [-0.2, 0) is 10.2 Å². The average molecular weight is 304 g/mol. The number of nitrogens with two attached hydrogens (primary N) is 1. The van der Waals surface area contributed by atoms with Crippen LogP contribution in [0.15, 0.2) is 5.16 Å². The number of rotatable bonds is 4. The minimum absolute atomic E-state index is 0.0380. The molecule has 0 bridgehead atoms. The molecular weight excluding hydrogens is 280 g/mol. The normalized spacial score (nSPS) is 25.9. The first-order valence-electron chi connectivity index (χ1n) is 7.17. The van der Waals surface area contributed by atoms with E-state index in [0.717, 1.165) is 25.7 Å². The summed E-state index contributed by atoms with van der Waals surface area (Å²) in [5, 5.41) is 11.9. The first-order chi connectivity index (χ1) is 9.39. The number of hydrogen-bond acceptors (Lipinski definition) is 4. The predicted octanol–water partition coefficient (Wildman–Crippen LogP) is 0.612. The summed E-state index contributed by atoms with van der Waals surface area (Å²) in [5.41, 5.74) is 4.81. The van der Waals surface area contributed by atoms with Crippen molar-refractivity contribution in [3.63, 3.8) is 0 Å². The van der Waals surface area contributed by atoms with E-state index in [1.807, 2.05) is 0 Å². The third kappa shape index (κ3) is 3.07. The fourth-order valence-electron chi connectivity index (χ4n) is 3.02. The molecule has 20 heavy (non-hydrogen) atoms. The van der Waals surface area contributed by atoms with Crippen LogP contribution >= 0.6 is 0 Å². The van der Waals surface area contributed by atoms with E-state index in [1.54, 1.807) is 0 Å². The molecular formula is C12H24N4O3S. The van der Waals surface area contributed by atoms with Gasteiger partial charge in [-0.2, -0.15) is 17.4 Å². The molecule has 1 aliphatic heterocycles. The highest BCUT2D eigenvalue weighted by Crippen LogP contribution is 2.31. The van der Waals surface area contributed by atoms with Crippen LogP contribution in [-0.4, -0.2) is 42.4 Å². The minimum Gasteiger partial charge on any atom is -0.409 e. The van der Waals surface area contributed by atoms with Crippen LogP contribution in [0.2, 0.25) is 0 Å². The van der Waals surface area contributed by atoms with Crippen molar-refractivity contribution in [2.24, 2.45) is 16.8 Å². The molecule has 0 aromatic rings. The molecule has 0 atom stereocenters. The lowest BCUT2D eigenvalue weighted by Crippen LogP contribution is -2.59. The molecule has 0 aromatic carbocycles. The van der Waals surface area contributed by atoms with Gasteiger partial charge < -0.3 is 10.9 Å². The lowest BCUT2D eigenvalue weighted by atomic mass is 9.98. The Morgan fingerprint density at radius 2 is 1.90 bits per heavy atom. The Morgan fingerprint density at radius 3 is 2.40 bits per heavy atom. The molecule has 0 aromatic heterocycles. The van der Waals surface area contributed by atoms with Crippen LogP contribution in [0.4, 0.5) is 0 Å². The molecule has 4 N–H and O–H groups in total. The number of amidine groups is 1. The van der Waals surface area contributed by atoms with Crippen molar-refractivity contribution in [2.45, 2.75) is 51.0 Å². The van der Waals surface area contributed by atoms with Gasteiger partial charge in [0.05, 0.1) is 5.54 Å². The topological polar surface area (TPSA) is 108 Å². The van der Waals surface area contributed by atoms with Crippen molar-refractivity contribution < 1.29 is 13.6 Å². The summed E-state index contributed by atoms with van der Waals surface area (Å²) in [6, 6.07) is 0. The van der Waals surface area contributed by atoms with Gasteiger partial charge in [-0.1, -0.05) is 24.9 Å². The monoisotopic (exact) mass is 304 g/mol. The molecule has 2 aliphatic rings. The van der Waals surface area contributed by atoms with Crippen LogP contribution < -0.4 is 10.5 Å². The summed E-state index contributed by atoms with van der Waals surface area (Å²) in [5.74, 6) is 0.523. The second-order valence-electron chi connectivity index (χ2n) is 5.96. The molecule has 0 radical (unpaired) electrons. The van der Waals surface area contributed by atoms with Gasteiger partial charge in [-0.25, -0.2) is 0 Å². The van der Waals surface area contributed by atoms with E-state index in [4.69, 9.17) is 10.9 Å². The number of oxime groups is 1. The molecule has 0 spiro atoms. The van der Waals surface area contributed by atoms with Crippen LogP contribution in [0.5, 0.6) is 0 Å². The molecule has 2 rings (SSSR count). The third-order valence-corrected chi connectivity index (χ3v) is 6.16. The standard InChI is InChI=1S/C12H24N4O3S/c1-10-4-8-16(9-5-10)20(18,19)15-12(11(13)14-17)6-2-3-7-12/h10,15,17H,2-9H2,1H3,(H2,13,14). The Bertz CT molecular complexity index is 463. The van der Waals surface area contributed by atoms with Gasteiger partial charge in [-0.3, -0.25) is 0 Å². The molecule has 1 saturated heterocycles. The molecule has 116 valence electrons. The number of piperidine rings is 1. The predicted molar refractivity (Wildman–Crippen MR) is 76.6 cm³/mol. The van der Waals surface area contributed by atoms with E-state index < -0.39 is 15.7 Å². The van der Waals surface area contributed by atoms with E-state index >= 15 is 0 Å². The molecule has 1 heterocycles. The largest absolute Gasteiger partial charge is 0.409 e. The maximum absolute atomic E-state index is 12.5. The molecule has 8 heteroatoms. The highest BCUT2D eigenvalue weighted by molar-refractivity contribution is 7.87. The summed E-state index contributed by atoms with van der Waals surface area (Å²) in [6.07, 6.45) is 4.64. The smallest absolute Gasteiger partial charge is 0.280 e. The first-order valence-corrected chi connectivity index (χ1v) is 8.61. The lowest BCUT2D eigenvalue weighted by molar-refractivity contribution is 0.279. The fraction of sp³-hybridized carbons (Fsp3) is 0.917. The van der Waals surface area contributed by atoms with Crippen LogP contribution in [0.1, 0.15) is 45.4 Å². The maximum Gasteiger partial charge on any atom is 0.280 e. The van der Waals surface area contributed by atoms with Crippen LogP contribution in [0, 0.1) is 5.92 Å². The Kier molecular flexibility index (Phi) is 4.55. The highest BCUT2D eigenvalue weighted by atomic mass is 32.2. The second-order valence-corrected chi connectivity index (χ2v) is 7.63. The third-order valence-electron chi connectivity index (χ3n) is 4.46. The zero-order chi connectivity index (χ0) is 14.8. The van der Waals surface area contributed by atoms with E-state index in [2.05, 4.69) is 16.8 Å². The van der Waals surface area contributed by atoms with Crippen molar-refractivity contribution in [3.8, 4) is 0 Å². The van der Waals surface area contributed by atoms with Gasteiger partial charge in [-0.05, 0) is 31.6 Å². The number of nitrogens with zero attached hydrogens (tertiary/aromatic N) is 2. The summed E-state index contributed by atoms with van der Waals surface area (Å²) >= 11 is 0. The lowest BCUT2D eigenvalue weighted by Gasteiger charge is -2.34. The SMILES string of the molecule is CC1CCN(S(=O)(=O)NC2(/C(N)=N/O)CCCC2)CC1. The average Bonchev–Trinajstić information content (AvgIpc) is 2.87. The zero-order valence-corrected chi connectivity index (χ0v) is 12.7. The highest BCUT2D eigenvalue weighted by Gasteiger charge is 2.43. The van der Waals surface area contributed by atoms with E-state index in [1.165, 1.54) is 4.31 Å². The maximum atomic E-state index is 12.5. The minimum atomic E-state index is -3.59. The van der Waals surface area contributed by atoms with Gasteiger partial charge in [0.25, 0.3) is 10.2 Å². The van der Waals surface area contributed by atoms with Crippen LogP contribution in [0.3, 0.4) is 0 Å². The summed E-state index contributed by atoms with van der Waals surface area (Å²) in [4.78, 5) is 0. The van der Waals surface area contributed by atoms with E-state index in [0.29, 0.717) is 31.8 Å². The van der Waals surface area contributed by atoms with Gasteiger partial charge in [0.15, 0.2) is 5.84 Å². The molecule has 0 unspecified atom stereocenters. The Balaban J connectivity index is 2.14. The van der Waals surface area contributed by atoms with Crippen molar-refractivity contribution in [3.05, 3.63) is 0 Å². The molecule has 1 saturated carbocycles. The van der Waals surface area contributed by atoms with E-state index in [9.17, 15) is 8.42 Å². The molecule has 7 nitrogen and oxygen atoms in total. The number of hydrogen-bond donors (Lipinski definition) is 3. The Labute approximate surface area is 120 Å². The molecule has 2 fully saturated rings. The Morgan fingerprint density at radius 1 is 1.35 bits per heavy atom. The van der Waals surface area contributed by atoms with Crippen molar-refractivity contribution >= 4 is 16.0 Å². The van der Waals surface area contributed by atoms with Gasteiger partial charge in [-0.15, -0.1) is 0 Å². The second kappa shape index (κ2) is 5.87. The summed E-state index contributed by atoms with van der Waals surface area (Å²) in [7, 11) is -3.59. The first kappa shape index (κ1) is 15.5. The van der Waals surface area contributed by atoms with Crippen LogP contribution in [0.25, 0.3) is 0 Å². The van der Waals surface area contributed by atoms with E-state index in [-0.39, 0.29) is 5.84 Å². The van der Waals surface area contributed by atoms with Gasteiger partial charge in [0.1, 0.15) is 0 Å². The van der Waals surface area contributed by atoms with Gasteiger partial charge in [0.2, 0.25) is 0 Å². The van der Waals surface area contributed by atoms with Crippen molar-refractivity contribution in [1.29, 1.82) is 0 Å². The van der Waals surface area contributed by atoms with Crippen molar-refractivity contribution in [1.82, 2.24) is 9.03 Å². The summed E-state index contributed by atoms with van der Waals surface area (Å²) < 4.78 is 29.1. The molecule has 0 amide bonds. The Hall–Kier alpha value is -0.860. The fourth-order valence-corrected chi connectivity index (χ4v) is 4.64. The molecule has 1 aliphatic carbocycles. The van der Waals surface area contributed by atoms with Crippen molar-refractivity contribution in [2.75, 3.05) is 13.1 Å². The van der Waals surface area contributed by atoms with Gasteiger partial charge in [0, 0.05) is 13.1 Å². The zero-order valence-electron chi connectivity index (χ0n) is 11.9. The summed E-state index contributed by atoms with van der Waals surface area (Å²) in [6.45, 7) is 3.19.